The molecule has 0 aromatic rings. The molecule has 0 aromatic heterocycles. The number of hydrogen-bond acceptors (Lipinski definition) is 2. The number of carboxylic acid groups (broad SMARTS) is 1. The Labute approximate surface area is 101 Å². The molecule has 0 radical (unpaired) electrons. The van der Waals surface area contributed by atoms with Gasteiger partial charge in [0.05, 0.1) is 0 Å². The Kier molecular flexibility index (Phi) is 3.26. The number of amides is 2. The van der Waals surface area contributed by atoms with Crippen molar-refractivity contribution in [1.29, 1.82) is 0 Å². The van der Waals surface area contributed by atoms with Gasteiger partial charge in [0.25, 0.3) is 0 Å². The van der Waals surface area contributed by atoms with E-state index in [0.29, 0.717) is 12.5 Å². The van der Waals surface area contributed by atoms with Crippen molar-refractivity contribution in [2.24, 2.45) is 11.8 Å². The highest BCUT2D eigenvalue weighted by atomic mass is 16.4. The zero-order chi connectivity index (χ0) is 12.6. The summed E-state index contributed by atoms with van der Waals surface area (Å²) in [7, 11) is 0. The topological polar surface area (TPSA) is 69.6 Å². The summed E-state index contributed by atoms with van der Waals surface area (Å²) in [6.45, 7) is 4.54. The Bertz CT molecular complexity index is 332. The van der Waals surface area contributed by atoms with E-state index in [1.165, 1.54) is 4.90 Å². The third-order valence-electron chi connectivity index (χ3n) is 3.97. The first-order chi connectivity index (χ1) is 8.04. The number of carbonyl (C=O) groups excluding carboxylic acids is 1. The molecule has 0 spiro atoms. The molecule has 2 aliphatic rings. The molecule has 1 heterocycles. The first kappa shape index (κ1) is 12.2. The molecule has 1 aliphatic carbocycles. The van der Waals surface area contributed by atoms with Gasteiger partial charge >= 0.3 is 12.0 Å². The molecule has 1 saturated heterocycles. The van der Waals surface area contributed by atoms with E-state index in [-0.39, 0.29) is 18.0 Å². The zero-order valence-electron chi connectivity index (χ0n) is 10.3. The average Bonchev–Trinajstić information content (AvgIpc) is 2.89. The second-order valence-corrected chi connectivity index (χ2v) is 5.20. The van der Waals surface area contributed by atoms with Gasteiger partial charge in [0.1, 0.15) is 6.04 Å². The van der Waals surface area contributed by atoms with Gasteiger partial charge in [0.2, 0.25) is 0 Å². The van der Waals surface area contributed by atoms with Crippen LogP contribution in [0.4, 0.5) is 4.79 Å². The minimum Gasteiger partial charge on any atom is -0.480 e. The number of rotatable bonds is 3. The van der Waals surface area contributed by atoms with Crippen molar-refractivity contribution < 1.29 is 14.7 Å². The molecule has 17 heavy (non-hydrogen) atoms. The fraction of sp³-hybridized carbons (Fsp3) is 0.833. The lowest BCUT2D eigenvalue weighted by atomic mass is 10.0. The lowest BCUT2D eigenvalue weighted by Gasteiger charge is -2.23. The van der Waals surface area contributed by atoms with Crippen LogP contribution < -0.4 is 5.32 Å². The van der Waals surface area contributed by atoms with Crippen LogP contribution in [-0.4, -0.2) is 40.6 Å². The van der Waals surface area contributed by atoms with Crippen LogP contribution in [-0.2, 0) is 4.79 Å². The lowest BCUT2D eigenvalue weighted by Crippen LogP contribution is -2.48. The van der Waals surface area contributed by atoms with Gasteiger partial charge in [0.15, 0.2) is 0 Å². The van der Waals surface area contributed by atoms with E-state index in [0.717, 1.165) is 19.3 Å². The summed E-state index contributed by atoms with van der Waals surface area (Å²) >= 11 is 0. The van der Waals surface area contributed by atoms with Gasteiger partial charge in [-0.3, -0.25) is 0 Å². The van der Waals surface area contributed by atoms with Crippen LogP contribution in [0.5, 0.6) is 0 Å². The van der Waals surface area contributed by atoms with Gasteiger partial charge in [-0.05, 0) is 24.7 Å². The Balaban J connectivity index is 1.92. The van der Waals surface area contributed by atoms with Crippen LogP contribution in [0, 0.1) is 11.8 Å². The number of carboxylic acids is 1. The fourth-order valence-electron chi connectivity index (χ4n) is 2.67. The highest BCUT2D eigenvalue weighted by Gasteiger charge is 2.43. The third-order valence-corrected chi connectivity index (χ3v) is 3.97. The SMILES string of the molecule is CCC1CC1NC(=O)N1CCC(C)C1C(=O)O. The molecule has 2 N–H and O–H groups in total. The molecule has 5 heteroatoms. The summed E-state index contributed by atoms with van der Waals surface area (Å²) in [6, 6.07) is -0.602. The number of urea groups is 1. The summed E-state index contributed by atoms with van der Waals surface area (Å²) in [5.74, 6) is -0.269. The van der Waals surface area contributed by atoms with Crippen LogP contribution in [0.3, 0.4) is 0 Å². The third kappa shape index (κ3) is 2.37. The van der Waals surface area contributed by atoms with E-state index in [1.54, 1.807) is 0 Å². The van der Waals surface area contributed by atoms with Crippen molar-refractivity contribution in [1.82, 2.24) is 10.2 Å². The second-order valence-electron chi connectivity index (χ2n) is 5.20. The van der Waals surface area contributed by atoms with Crippen molar-refractivity contribution in [3.63, 3.8) is 0 Å². The number of nitrogens with one attached hydrogen (secondary N) is 1. The van der Waals surface area contributed by atoms with Crippen LogP contribution in [0.25, 0.3) is 0 Å². The zero-order valence-corrected chi connectivity index (χ0v) is 10.3. The van der Waals surface area contributed by atoms with Gasteiger partial charge < -0.3 is 15.3 Å². The largest absolute Gasteiger partial charge is 0.480 e. The number of nitrogens with zero attached hydrogens (tertiary/aromatic N) is 1. The van der Waals surface area contributed by atoms with Gasteiger partial charge in [0, 0.05) is 12.6 Å². The Morgan fingerprint density at radius 2 is 2.18 bits per heavy atom. The molecule has 96 valence electrons. The minimum absolute atomic E-state index is 0.0411. The molecule has 0 aromatic carbocycles. The molecule has 1 aliphatic heterocycles. The van der Waals surface area contributed by atoms with E-state index in [9.17, 15) is 9.59 Å². The molecule has 2 fully saturated rings. The average molecular weight is 240 g/mol. The van der Waals surface area contributed by atoms with Crippen molar-refractivity contribution in [2.45, 2.75) is 45.2 Å². The molecule has 4 atom stereocenters. The molecular formula is C12H20N2O3. The van der Waals surface area contributed by atoms with Gasteiger partial charge in [-0.15, -0.1) is 0 Å². The van der Waals surface area contributed by atoms with E-state index in [2.05, 4.69) is 12.2 Å². The van der Waals surface area contributed by atoms with E-state index >= 15 is 0 Å². The standard InChI is InChI=1S/C12H20N2O3/c1-3-8-6-9(8)13-12(17)14-5-4-7(2)10(14)11(15)16/h7-10H,3-6H2,1-2H3,(H,13,17)(H,15,16). The van der Waals surface area contributed by atoms with Gasteiger partial charge in [-0.2, -0.15) is 0 Å². The van der Waals surface area contributed by atoms with Crippen molar-refractivity contribution in [3.8, 4) is 0 Å². The molecular weight excluding hydrogens is 220 g/mol. The van der Waals surface area contributed by atoms with Crippen molar-refractivity contribution in [3.05, 3.63) is 0 Å². The second kappa shape index (κ2) is 4.55. The molecule has 2 rings (SSSR count). The van der Waals surface area contributed by atoms with E-state index in [1.807, 2.05) is 6.92 Å². The monoisotopic (exact) mass is 240 g/mol. The Hall–Kier alpha value is -1.26. The number of likely N-dealkylation sites (tertiary alicyclic amines) is 1. The summed E-state index contributed by atoms with van der Waals surface area (Å²) in [4.78, 5) is 24.6. The molecule has 0 bridgehead atoms. The Morgan fingerprint density at radius 1 is 1.47 bits per heavy atom. The maximum Gasteiger partial charge on any atom is 0.326 e. The highest BCUT2D eigenvalue weighted by Crippen LogP contribution is 2.34. The smallest absolute Gasteiger partial charge is 0.326 e. The Morgan fingerprint density at radius 3 is 2.71 bits per heavy atom. The first-order valence-electron chi connectivity index (χ1n) is 6.34. The summed E-state index contributed by atoms with van der Waals surface area (Å²) in [5.41, 5.74) is 0. The summed E-state index contributed by atoms with van der Waals surface area (Å²) in [6.07, 6.45) is 2.87. The van der Waals surface area contributed by atoms with Crippen molar-refractivity contribution >= 4 is 12.0 Å². The van der Waals surface area contributed by atoms with E-state index < -0.39 is 12.0 Å². The highest BCUT2D eigenvalue weighted by molar-refractivity contribution is 5.83. The molecule has 4 unspecified atom stereocenters. The molecule has 2 amide bonds. The van der Waals surface area contributed by atoms with Crippen LogP contribution in [0.2, 0.25) is 0 Å². The number of aliphatic carboxylic acids is 1. The van der Waals surface area contributed by atoms with Gasteiger partial charge in [-0.25, -0.2) is 9.59 Å². The van der Waals surface area contributed by atoms with Gasteiger partial charge in [-0.1, -0.05) is 20.3 Å². The quantitative estimate of drug-likeness (QED) is 0.781. The maximum absolute atomic E-state index is 12.0. The van der Waals surface area contributed by atoms with Crippen LogP contribution >= 0.6 is 0 Å². The first-order valence-corrected chi connectivity index (χ1v) is 6.34. The summed E-state index contributed by atoms with van der Waals surface area (Å²) < 4.78 is 0. The molecule has 5 nitrogen and oxygen atoms in total. The fourth-order valence-corrected chi connectivity index (χ4v) is 2.67. The van der Waals surface area contributed by atoms with E-state index in [4.69, 9.17) is 5.11 Å². The predicted octanol–water partition coefficient (Wildman–Crippen LogP) is 1.29. The van der Waals surface area contributed by atoms with Crippen molar-refractivity contribution in [2.75, 3.05) is 6.54 Å². The number of carbonyl (C=O) groups is 2. The maximum atomic E-state index is 12.0. The summed E-state index contributed by atoms with van der Waals surface area (Å²) in [5, 5.41) is 12.1. The normalized spacial score (nSPS) is 35.8. The van der Waals surface area contributed by atoms with Crippen LogP contribution in [0.1, 0.15) is 33.1 Å². The molecule has 1 saturated carbocycles. The van der Waals surface area contributed by atoms with Crippen LogP contribution in [0.15, 0.2) is 0 Å². The lowest BCUT2D eigenvalue weighted by molar-refractivity contribution is -0.142. The number of hydrogen-bond donors (Lipinski definition) is 2. The minimum atomic E-state index is -0.895. The predicted molar refractivity (Wildman–Crippen MR) is 62.6 cm³/mol.